The number of nitrogens with zero attached hydrogens (tertiary/aromatic N) is 5. The number of thiazole rings is 1. The Morgan fingerprint density at radius 3 is 2.73 bits per heavy atom. The Hall–Kier alpha value is -1.91. The first-order valence-electron chi connectivity index (χ1n) is 6.81. The topological polar surface area (TPSA) is 86.6 Å². The van der Waals surface area contributed by atoms with E-state index in [1.165, 1.54) is 21.8 Å². The van der Waals surface area contributed by atoms with Crippen molar-refractivity contribution in [1.82, 2.24) is 23.7 Å². The van der Waals surface area contributed by atoms with Gasteiger partial charge >= 0.3 is 0 Å². The Morgan fingerprint density at radius 1 is 1.18 bits per heavy atom. The van der Waals surface area contributed by atoms with Crippen molar-refractivity contribution in [3.8, 4) is 0 Å². The minimum Gasteiger partial charge on any atom is -0.340 e. The second kappa shape index (κ2) is 5.07. The smallest absolute Gasteiger partial charge is 0.260 e. The number of H-pyrrole nitrogens is 1. The van der Waals surface area contributed by atoms with Gasteiger partial charge in [-0.05, 0) is 0 Å². The molecular formula is C12H14N6O2S2. The lowest BCUT2D eigenvalue weighted by molar-refractivity contribution is 0.381. The maximum absolute atomic E-state index is 12.8. The molecule has 8 nitrogen and oxygen atoms in total. The van der Waals surface area contributed by atoms with Crippen LogP contribution in [-0.2, 0) is 10.0 Å². The summed E-state index contributed by atoms with van der Waals surface area (Å²) < 4.78 is 28.7. The molecule has 4 rings (SSSR count). The van der Waals surface area contributed by atoms with Crippen molar-refractivity contribution in [3.63, 3.8) is 0 Å². The van der Waals surface area contributed by atoms with Gasteiger partial charge in [0, 0.05) is 50.1 Å². The van der Waals surface area contributed by atoms with Gasteiger partial charge < -0.3 is 9.88 Å². The summed E-state index contributed by atoms with van der Waals surface area (Å²) in [5.74, 6) is 0.779. The fraction of sp³-hybridized carbons (Fsp3) is 0.333. The highest BCUT2D eigenvalue weighted by molar-refractivity contribution is 7.89. The molecule has 4 heterocycles. The normalized spacial score (nSPS) is 17.4. The fourth-order valence-corrected chi connectivity index (χ4v) is 4.84. The number of hydrogen-bond donors (Lipinski definition) is 1. The first kappa shape index (κ1) is 13.7. The van der Waals surface area contributed by atoms with E-state index in [-0.39, 0.29) is 5.03 Å². The van der Waals surface area contributed by atoms with Crippen LogP contribution in [0.25, 0.3) is 4.96 Å². The van der Waals surface area contributed by atoms with Crippen molar-refractivity contribution in [1.29, 1.82) is 0 Å². The summed E-state index contributed by atoms with van der Waals surface area (Å²) in [6.45, 7) is 2.08. The van der Waals surface area contributed by atoms with Gasteiger partial charge in [-0.15, -0.1) is 11.3 Å². The van der Waals surface area contributed by atoms with E-state index < -0.39 is 10.0 Å². The van der Waals surface area contributed by atoms with Gasteiger partial charge in [0.15, 0.2) is 9.99 Å². The molecule has 3 aromatic rings. The molecule has 1 N–H and O–H groups in total. The highest BCUT2D eigenvalue weighted by Gasteiger charge is 2.31. The number of nitrogens with one attached hydrogen (secondary N) is 1. The average molecular weight is 338 g/mol. The molecule has 0 unspecified atom stereocenters. The van der Waals surface area contributed by atoms with Gasteiger partial charge in [-0.25, -0.2) is 18.4 Å². The van der Waals surface area contributed by atoms with Crippen molar-refractivity contribution in [2.24, 2.45) is 0 Å². The van der Waals surface area contributed by atoms with E-state index in [4.69, 9.17) is 0 Å². The molecule has 10 heteroatoms. The molecule has 116 valence electrons. The molecule has 1 aliphatic rings. The van der Waals surface area contributed by atoms with E-state index >= 15 is 0 Å². The zero-order valence-corrected chi connectivity index (χ0v) is 13.2. The number of fused-ring (bicyclic) bond motifs is 1. The van der Waals surface area contributed by atoms with Crippen LogP contribution in [0.5, 0.6) is 0 Å². The second-order valence-corrected chi connectivity index (χ2v) is 7.71. The molecule has 1 fully saturated rings. The Bertz CT molecular complexity index is 874. The summed E-state index contributed by atoms with van der Waals surface area (Å²) in [6.07, 6.45) is 6.62. The van der Waals surface area contributed by atoms with Gasteiger partial charge in [-0.2, -0.15) is 4.31 Å². The van der Waals surface area contributed by atoms with Crippen molar-refractivity contribution in [3.05, 3.63) is 30.2 Å². The minimum absolute atomic E-state index is 0.232. The molecule has 1 aliphatic heterocycles. The zero-order chi connectivity index (χ0) is 15.2. The highest BCUT2D eigenvalue weighted by atomic mass is 32.2. The largest absolute Gasteiger partial charge is 0.340 e. The molecule has 0 radical (unpaired) electrons. The number of piperazine rings is 1. The van der Waals surface area contributed by atoms with Crippen LogP contribution in [0.4, 0.5) is 5.95 Å². The van der Waals surface area contributed by atoms with Gasteiger partial charge in [-0.3, -0.25) is 4.40 Å². The van der Waals surface area contributed by atoms with Crippen LogP contribution in [0.1, 0.15) is 0 Å². The lowest BCUT2D eigenvalue weighted by atomic mass is 10.4. The predicted octanol–water partition coefficient (Wildman–Crippen LogP) is 0.630. The molecule has 1 saturated heterocycles. The van der Waals surface area contributed by atoms with Gasteiger partial charge in [0.25, 0.3) is 10.0 Å². The number of aromatic nitrogens is 4. The molecule has 0 aliphatic carbocycles. The van der Waals surface area contributed by atoms with E-state index in [0.717, 1.165) is 5.95 Å². The van der Waals surface area contributed by atoms with E-state index in [9.17, 15) is 8.42 Å². The van der Waals surface area contributed by atoms with Crippen molar-refractivity contribution in [2.75, 3.05) is 31.1 Å². The monoisotopic (exact) mass is 338 g/mol. The number of imidazole rings is 2. The quantitative estimate of drug-likeness (QED) is 0.757. The van der Waals surface area contributed by atoms with Gasteiger partial charge in [0.05, 0.1) is 6.20 Å². The van der Waals surface area contributed by atoms with Crippen molar-refractivity contribution < 1.29 is 8.42 Å². The Morgan fingerprint density at radius 2 is 2.00 bits per heavy atom. The predicted molar refractivity (Wildman–Crippen MR) is 82.6 cm³/mol. The number of anilines is 1. The summed E-state index contributed by atoms with van der Waals surface area (Å²) in [5, 5.41) is 2.06. The van der Waals surface area contributed by atoms with Crippen LogP contribution >= 0.6 is 11.3 Å². The fourth-order valence-electron chi connectivity index (χ4n) is 2.60. The molecular weight excluding hydrogens is 324 g/mol. The SMILES string of the molecule is O=S(=O)(c1cnc2sccn12)N1CCN(c2ncc[nH]2)CC1. The molecule has 0 aromatic carbocycles. The highest BCUT2D eigenvalue weighted by Crippen LogP contribution is 2.22. The van der Waals surface area contributed by atoms with Gasteiger partial charge in [0.1, 0.15) is 0 Å². The van der Waals surface area contributed by atoms with Crippen LogP contribution in [-0.4, -0.2) is 58.3 Å². The van der Waals surface area contributed by atoms with Gasteiger partial charge in [0.2, 0.25) is 5.95 Å². The van der Waals surface area contributed by atoms with Gasteiger partial charge in [-0.1, -0.05) is 0 Å². The maximum Gasteiger partial charge on any atom is 0.260 e. The first-order valence-corrected chi connectivity index (χ1v) is 9.13. The van der Waals surface area contributed by atoms with Crippen LogP contribution in [0, 0.1) is 0 Å². The number of rotatable bonds is 3. The summed E-state index contributed by atoms with van der Waals surface area (Å²) >= 11 is 1.42. The second-order valence-electron chi connectivity index (χ2n) is 4.96. The van der Waals surface area contributed by atoms with Crippen LogP contribution in [0.3, 0.4) is 0 Å². The number of sulfonamides is 1. The van der Waals surface area contributed by atoms with Crippen molar-refractivity contribution in [2.45, 2.75) is 5.03 Å². The van der Waals surface area contributed by atoms with E-state index in [0.29, 0.717) is 31.1 Å². The van der Waals surface area contributed by atoms with E-state index in [1.807, 2.05) is 10.3 Å². The standard InChI is InChI=1S/C12H14N6O2S2/c19-22(20,10-9-15-12-18(10)7-8-21-12)17-5-3-16(4-6-17)11-13-1-2-14-11/h1-2,7-9H,3-6H2,(H,13,14). The molecule has 0 amide bonds. The summed E-state index contributed by atoms with van der Waals surface area (Å²) in [7, 11) is -3.52. The van der Waals surface area contributed by atoms with E-state index in [2.05, 4.69) is 15.0 Å². The number of aromatic amines is 1. The molecule has 22 heavy (non-hydrogen) atoms. The van der Waals surface area contributed by atoms with Crippen LogP contribution in [0.2, 0.25) is 0 Å². The number of hydrogen-bond acceptors (Lipinski definition) is 6. The molecule has 0 bridgehead atoms. The minimum atomic E-state index is -3.52. The third kappa shape index (κ3) is 2.11. The lowest BCUT2D eigenvalue weighted by Crippen LogP contribution is -2.49. The Labute approximate surface area is 131 Å². The summed E-state index contributed by atoms with van der Waals surface area (Å²) in [5.41, 5.74) is 0. The van der Waals surface area contributed by atoms with Crippen LogP contribution < -0.4 is 4.90 Å². The zero-order valence-electron chi connectivity index (χ0n) is 11.6. The average Bonchev–Trinajstić information content (AvgIpc) is 3.24. The van der Waals surface area contributed by atoms with Crippen molar-refractivity contribution >= 4 is 32.3 Å². The van der Waals surface area contributed by atoms with Crippen LogP contribution in [0.15, 0.2) is 35.2 Å². The maximum atomic E-state index is 12.8. The lowest BCUT2D eigenvalue weighted by Gasteiger charge is -2.33. The Balaban J connectivity index is 1.57. The third-order valence-corrected chi connectivity index (χ3v) is 6.38. The third-order valence-electron chi connectivity index (χ3n) is 3.74. The molecule has 3 aromatic heterocycles. The summed E-state index contributed by atoms with van der Waals surface area (Å²) in [4.78, 5) is 14.1. The molecule has 0 spiro atoms. The molecule has 0 saturated carbocycles. The summed E-state index contributed by atoms with van der Waals surface area (Å²) in [6, 6.07) is 0. The Kier molecular flexibility index (Phi) is 3.17. The first-order chi connectivity index (χ1) is 10.7. The molecule has 0 atom stereocenters. The van der Waals surface area contributed by atoms with E-state index in [1.54, 1.807) is 23.0 Å².